The number of nitrogens with zero attached hydrogens (tertiary/aromatic N) is 3. The summed E-state index contributed by atoms with van der Waals surface area (Å²) in [6.45, 7) is 3.83. The lowest BCUT2D eigenvalue weighted by Gasteiger charge is -2.00. The van der Waals surface area contributed by atoms with Crippen LogP contribution in [0, 0.1) is 5.92 Å². The topological polar surface area (TPSA) is 47.8 Å². The minimum atomic E-state index is 0.122. The van der Waals surface area contributed by atoms with E-state index in [0.29, 0.717) is 12.8 Å². The molecule has 0 spiro atoms. The number of carbonyl (C=O) groups is 1. The summed E-state index contributed by atoms with van der Waals surface area (Å²) in [5, 5.41) is 8.03. The summed E-state index contributed by atoms with van der Waals surface area (Å²) in [5.74, 6) is 0.405. The van der Waals surface area contributed by atoms with Gasteiger partial charge in [0.15, 0.2) is 0 Å². The number of carbonyl (C=O) groups excluding carboxylic acids is 1. The quantitative estimate of drug-likeness (QED) is 0.695. The third kappa shape index (κ3) is 2.97. The summed E-state index contributed by atoms with van der Waals surface area (Å²) in [4.78, 5) is 12.8. The fourth-order valence-corrected chi connectivity index (χ4v) is 1.04. The van der Waals surface area contributed by atoms with Crippen LogP contribution in [0.4, 0.5) is 0 Å². The van der Waals surface area contributed by atoms with Crippen molar-refractivity contribution in [3.8, 4) is 0 Å². The molecule has 0 radical (unpaired) electrons. The molecule has 0 aliphatic heterocycles. The molecule has 13 heavy (non-hydrogen) atoms. The van der Waals surface area contributed by atoms with E-state index < -0.39 is 0 Å². The van der Waals surface area contributed by atoms with E-state index in [4.69, 9.17) is 0 Å². The van der Waals surface area contributed by atoms with Gasteiger partial charge in [-0.1, -0.05) is 13.8 Å². The van der Waals surface area contributed by atoms with E-state index in [1.54, 1.807) is 13.2 Å². The molecule has 0 fully saturated rings. The molecule has 0 bridgehead atoms. The van der Waals surface area contributed by atoms with Gasteiger partial charge in [-0.15, -0.1) is 0 Å². The molecule has 0 aliphatic carbocycles. The predicted octanol–water partition coefficient (Wildman–Crippen LogP) is 0.973. The van der Waals surface area contributed by atoms with Crippen LogP contribution >= 0.6 is 0 Å². The molecule has 4 nitrogen and oxygen atoms in total. The highest BCUT2D eigenvalue weighted by Crippen LogP contribution is 2.03. The van der Waals surface area contributed by atoms with Crippen molar-refractivity contribution >= 4 is 5.78 Å². The van der Waals surface area contributed by atoms with Crippen molar-refractivity contribution in [1.29, 1.82) is 0 Å². The zero-order valence-electron chi connectivity index (χ0n) is 8.32. The first-order chi connectivity index (χ1) is 6.09. The Hall–Kier alpha value is -1.19. The number of hydrogen-bond acceptors (Lipinski definition) is 3. The standard InChI is InChI=1S/C9H15N3O/c1-7(2)9(13)5-4-8-6-10-12(3)11-8/h6-7H,4-5H2,1-3H3. The lowest BCUT2D eigenvalue weighted by molar-refractivity contribution is -0.121. The van der Waals surface area contributed by atoms with Gasteiger partial charge in [-0.05, 0) is 0 Å². The normalized spacial score (nSPS) is 10.8. The summed E-state index contributed by atoms with van der Waals surface area (Å²) in [5.41, 5.74) is 0.886. The average molecular weight is 181 g/mol. The van der Waals surface area contributed by atoms with Gasteiger partial charge >= 0.3 is 0 Å². The molecule has 0 saturated carbocycles. The van der Waals surface area contributed by atoms with Crippen LogP contribution in [-0.4, -0.2) is 20.8 Å². The first-order valence-electron chi connectivity index (χ1n) is 4.47. The highest BCUT2D eigenvalue weighted by atomic mass is 16.1. The Labute approximate surface area is 77.9 Å². The van der Waals surface area contributed by atoms with Gasteiger partial charge < -0.3 is 0 Å². The average Bonchev–Trinajstić information content (AvgIpc) is 2.47. The number of Topliss-reactive ketones (excluding diaryl/α,β-unsaturated/α-hetero) is 1. The third-order valence-electron chi connectivity index (χ3n) is 1.92. The van der Waals surface area contributed by atoms with Gasteiger partial charge in [0.2, 0.25) is 0 Å². The van der Waals surface area contributed by atoms with E-state index in [0.717, 1.165) is 5.69 Å². The molecule has 1 rings (SSSR count). The monoisotopic (exact) mass is 181 g/mol. The molecule has 0 amide bonds. The SMILES string of the molecule is CC(C)C(=O)CCc1cnn(C)n1. The van der Waals surface area contributed by atoms with Crippen LogP contribution in [0.5, 0.6) is 0 Å². The number of aromatic nitrogens is 3. The first kappa shape index (κ1) is 9.89. The molecule has 0 aromatic carbocycles. The Morgan fingerprint density at radius 3 is 2.77 bits per heavy atom. The molecule has 0 aliphatic rings. The smallest absolute Gasteiger partial charge is 0.135 e. The summed E-state index contributed by atoms with van der Waals surface area (Å²) >= 11 is 0. The molecule has 0 atom stereocenters. The molecular formula is C9H15N3O. The second kappa shape index (κ2) is 4.16. The molecular weight excluding hydrogens is 166 g/mol. The zero-order chi connectivity index (χ0) is 9.84. The van der Waals surface area contributed by atoms with Crippen molar-refractivity contribution in [2.75, 3.05) is 0 Å². The molecule has 0 unspecified atom stereocenters. The van der Waals surface area contributed by atoms with Crippen LogP contribution < -0.4 is 0 Å². The van der Waals surface area contributed by atoms with Crippen LogP contribution in [0.25, 0.3) is 0 Å². The van der Waals surface area contributed by atoms with Gasteiger partial charge in [0.25, 0.3) is 0 Å². The van der Waals surface area contributed by atoms with Crippen molar-refractivity contribution in [3.05, 3.63) is 11.9 Å². The van der Waals surface area contributed by atoms with E-state index in [1.807, 2.05) is 13.8 Å². The first-order valence-corrected chi connectivity index (χ1v) is 4.47. The Morgan fingerprint density at radius 1 is 1.62 bits per heavy atom. The minimum absolute atomic E-state index is 0.122. The van der Waals surface area contributed by atoms with E-state index in [9.17, 15) is 4.79 Å². The van der Waals surface area contributed by atoms with Crippen molar-refractivity contribution < 1.29 is 4.79 Å². The largest absolute Gasteiger partial charge is 0.299 e. The highest BCUT2D eigenvalue weighted by Gasteiger charge is 2.08. The lowest BCUT2D eigenvalue weighted by Crippen LogP contribution is -2.08. The number of aryl methyl sites for hydroxylation is 2. The van der Waals surface area contributed by atoms with Gasteiger partial charge in [0, 0.05) is 25.8 Å². The van der Waals surface area contributed by atoms with Crippen molar-refractivity contribution in [2.24, 2.45) is 13.0 Å². The molecule has 1 aromatic rings. The lowest BCUT2D eigenvalue weighted by atomic mass is 10.0. The maximum atomic E-state index is 11.3. The second-order valence-electron chi connectivity index (χ2n) is 3.45. The Bertz CT molecular complexity index is 291. The Balaban J connectivity index is 2.39. The molecule has 1 aromatic heterocycles. The fraction of sp³-hybridized carbons (Fsp3) is 0.667. The molecule has 0 saturated heterocycles. The Kier molecular flexibility index (Phi) is 3.17. The summed E-state index contributed by atoms with van der Waals surface area (Å²) < 4.78 is 0. The molecule has 4 heteroatoms. The Morgan fingerprint density at radius 2 is 2.31 bits per heavy atom. The predicted molar refractivity (Wildman–Crippen MR) is 49.2 cm³/mol. The van der Waals surface area contributed by atoms with E-state index in [-0.39, 0.29) is 11.7 Å². The van der Waals surface area contributed by atoms with E-state index in [2.05, 4.69) is 10.2 Å². The number of ketones is 1. The van der Waals surface area contributed by atoms with Crippen molar-refractivity contribution in [3.63, 3.8) is 0 Å². The maximum absolute atomic E-state index is 11.3. The fourth-order valence-electron chi connectivity index (χ4n) is 1.04. The summed E-state index contributed by atoms with van der Waals surface area (Å²) in [6.07, 6.45) is 2.97. The van der Waals surface area contributed by atoms with Crippen LogP contribution in [-0.2, 0) is 18.3 Å². The van der Waals surface area contributed by atoms with Gasteiger partial charge in [-0.3, -0.25) is 4.79 Å². The number of hydrogen-bond donors (Lipinski definition) is 0. The maximum Gasteiger partial charge on any atom is 0.135 e. The van der Waals surface area contributed by atoms with Crippen LogP contribution in [0.1, 0.15) is 26.0 Å². The van der Waals surface area contributed by atoms with Gasteiger partial charge in [-0.25, -0.2) is 0 Å². The van der Waals surface area contributed by atoms with Gasteiger partial charge in [-0.2, -0.15) is 15.0 Å². The molecule has 1 heterocycles. The van der Waals surface area contributed by atoms with Crippen molar-refractivity contribution in [2.45, 2.75) is 26.7 Å². The third-order valence-corrected chi connectivity index (χ3v) is 1.92. The zero-order valence-corrected chi connectivity index (χ0v) is 8.32. The minimum Gasteiger partial charge on any atom is -0.299 e. The van der Waals surface area contributed by atoms with E-state index in [1.165, 1.54) is 4.80 Å². The van der Waals surface area contributed by atoms with Crippen LogP contribution in [0.2, 0.25) is 0 Å². The highest BCUT2D eigenvalue weighted by molar-refractivity contribution is 5.80. The molecule has 0 N–H and O–H groups in total. The van der Waals surface area contributed by atoms with Crippen LogP contribution in [0.15, 0.2) is 6.20 Å². The van der Waals surface area contributed by atoms with Gasteiger partial charge in [0.05, 0.1) is 11.9 Å². The number of rotatable bonds is 4. The van der Waals surface area contributed by atoms with Crippen molar-refractivity contribution in [1.82, 2.24) is 15.0 Å². The summed E-state index contributed by atoms with van der Waals surface area (Å²) in [6, 6.07) is 0. The summed E-state index contributed by atoms with van der Waals surface area (Å²) in [7, 11) is 1.77. The molecule has 72 valence electrons. The second-order valence-corrected chi connectivity index (χ2v) is 3.45. The van der Waals surface area contributed by atoms with E-state index >= 15 is 0 Å². The van der Waals surface area contributed by atoms with Crippen LogP contribution in [0.3, 0.4) is 0 Å². The van der Waals surface area contributed by atoms with Gasteiger partial charge in [0.1, 0.15) is 5.78 Å².